The van der Waals surface area contributed by atoms with E-state index in [-0.39, 0.29) is 5.82 Å². The summed E-state index contributed by atoms with van der Waals surface area (Å²) in [5, 5.41) is 16.5. The van der Waals surface area contributed by atoms with Gasteiger partial charge in [-0.15, -0.1) is 0 Å². The second kappa shape index (κ2) is 7.82. The lowest BCUT2D eigenvalue weighted by Gasteiger charge is -2.26. The Balaban J connectivity index is 1.61. The van der Waals surface area contributed by atoms with E-state index in [9.17, 15) is 14.7 Å². The van der Waals surface area contributed by atoms with Crippen molar-refractivity contribution in [2.24, 2.45) is 0 Å². The van der Waals surface area contributed by atoms with Crippen molar-refractivity contribution in [1.29, 1.82) is 0 Å². The molecular weight excluding hydrogens is 382 g/mol. The highest BCUT2D eigenvalue weighted by Crippen LogP contribution is 2.39. The van der Waals surface area contributed by atoms with Crippen LogP contribution in [-0.4, -0.2) is 21.2 Å². The molecule has 1 atom stereocenters. The zero-order valence-electron chi connectivity index (χ0n) is 17.3. The quantitative estimate of drug-likeness (QED) is 0.606. The van der Waals surface area contributed by atoms with Gasteiger partial charge in [0.15, 0.2) is 0 Å². The number of aromatic hydroxyl groups is 1. The Morgan fingerprint density at radius 3 is 2.70 bits per heavy atom. The number of amides is 1. The Hall–Kier alpha value is -3.35. The fraction of sp³-hybridized carbons (Fsp3) is 0.348. The lowest BCUT2D eigenvalue weighted by molar-refractivity contribution is 0.101. The molecule has 0 radical (unpaired) electrons. The first kappa shape index (κ1) is 19.9. The lowest BCUT2D eigenvalue weighted by Crippen LogP contribution is -2.15. The van der Waals surface area contributed by atoms with Gasteiger partial charge in [0.2, 0.25) is 5.82 Å². The minimum Gasteiger partial charge on any atom is -0.508 e. The number of aryl methyl sites for hydroxylation is 2. The highest BCUT2D eigenvalue weighted by atomic mass is 16.5. The van der Waals surface area contributed by atoms with Crippen LogP contribution in [0.2, 0.25) is 0 Å². The summed E-state index contributed by atoms with van der Waals surface area (Å²) in [6.07, 6.45) is 4.01. The van der Waals surface area contributed by atoms with Crippen LogP contribution in [0.4, 0.5) is 5.69 Å². The fourth-order valence-electron chi connectivity index (χ4n) is 4.49. The first-order valence-corrected chi connectivity index (χ1v) is 10.1. The maximum Gasteiger partial charge on any atom is 0.439 e. The van der Waals surface area contributed by atoms with Gasteiger partial charge in [0.25, 0.3) is 5.91 Å². The molecule has 0 spiro atoms. The molecule has 156 valence electrons. The summed E-state index contributed by atoms with van der Waals surface area (Å²) in [5.74, 6) is -0.692. The number of H-pyrrole nitrogens is 1. The van der Waals surface area contributed by atoms with Crippen LogP contribution < -0.4 is 11.1 Å². The fourth-order valence-corrected chi connectivity index (χ4v) is 4.49. The Kier molecular flexibility index (Phi) is 5.20. The molecule has 0 bridgehead atoms. The first-order chi connectivity index (χ1) is 14.3. The van der Waals surface area contributed by atoms with Gasteiger partial charge in [0.1, 0.15) is 5.75 Å². The van der Waals surface area contributed by atoms with E-state index in [1.54, 1.807) is 0 Å². The van der Waals surface area contributed by atoms with Crippen LogP contribution in [0.5, 0.6) is 5.75 Å². The molecule has 1 aliphatic carbocycles. The third kappa shape index (κ3) is 3.75. The third-order valence-corrected chi connectivity index (χ3v) is 5.96. The Bertz CT molecular complexity index is 1150. The Morgan fingerprint density at radius 1 is 1.30 bits per heavy atom. The number of hydrogen-bond donors (Lipinski definition) is 3. The number of phenolic OH excluding ortho intramolecular Hbond substituents is 1. The maximum atomic E-state index is 12.2. The predicted octanol–water partition coefficient (Wildman–Crippen LogP) is 3.97. The number of anilines is 1. The number of carbonyl (C=O) groups excluding carboxylic acids is 1. The SMILES string of the molecule is Cc1cc(NC(=O)c2noc(=O)[nH]2)cc(C)c1Cc1ccc(O)c2c1CCC[C@@H]2C. The number of phenols is 1. The number of hydrogen-bond acceptors (Lipinski definition) is 5. The monoisotopic (exact) mass is 407 g/mol. The van der Waals surface area contributed by atoms with Gasteiger partial charge in [0, 0.05) is 11.3 Å². The van der Waals surface area contributed by atoms with Gasteiger partial charge in [0.05, 0.1) is 0 Å². The van der Waals surface area contributed by atoms with Crippen molar-refractivity contribution in [3.05, 3.63) is 74.0 Å². The topological polar surface area (TPSA) is 108 Å². The standard InChI is InChI=1S/C23H25N3O4/c1-12-5-4-6-17-15(7-8-19(27)20(12)17)11-18-13(2)9-16(10-14(18)3)24-22(28)21-25-23(29)30-26-21/h7-10,12,27H,4-6,11H2,1-3H3,(H,24,28)(H,25,26,29)/t12-/m0/s1. The van der Waals surface area contributed by atoms with Crippen molar-refractivity contribution in [1.82, 2.24) is 10.1 Å². The summed E-state index contributed by atoms with van der Waals surface area (Å²) in [6.45, 7) is 6.22. The van der Waals surface area contributed by atoms with Crippen molar-refractivity contribution < 1.29 is 14.4 Å². The number of carbonyl (C=O) groups is 1. The maximum absolute atomic E-state index is 12.2. The molecule has 2 aromatic carbocycles. The van der Waals surface area contributed by atoms with Crippen LogP contribution in [0.15, 0.2) is 33.6 Å². The van der Waals surface area contributed by atoms with E-state index in [2.05, 4.69) is 26.9 Å². The molecule has 1 aromatic heterocycles. The first-order valence-electron chi connectivity index (χ1n) is 10.1. The summed E-state index contributed by atoms with van der Waals surface area (Å²) in [4.78, 5) is 25.5. The van der Waals surface area contributed by atoms with Crippen LogP contribution >= 0.6 is 0 Å². The van der Waals surface area contributed by atoms with E-state index < -0.39 is 11.7 Å². The molecule has 30 heavy (non-hydrogen) atoms. The average Bonchev–Trinajstić information content (AvgIpc) is 3.13. The normalized spacial score (nSPS) is 15.6. The lowest BCUT2D eigenvalue weighted by atomic mass is 9.79. The summed E-state index contributed by atoms with van der Waals surface area (Å²) < 4.78 is 4.38. The molecule has 0 fully saturated rings. The number of benzene rings is 2. The van der Waals surface area contributed by atoms with Crippen molar-refractivity contribution in [2.45, 2.75) is 52.4 Å². The number of nitrogens with one attached hydrogen (secondary N) is 2. The number of nitrogens with zero attached hydrogens (tertiary/aromatic N) is 1. The number of fused-ring (bicyclic) bond motifs is 1. The van der Waals surface area contributed by atoms with E-state index >= 15 is 0 Å². The predicted molar refractivity (Wildman–Crippen MR) is 113 cm³/mol. The van der Waals surface area contributed by atoms with Crippen LogP contribution in [0.25, 0.3) is 0 Å². The molecule has 4 rings (SSSR count). The van der Waals surface area contributed by atoms with Gasteiger partial charge in [-0.1, -0.05) is 13.0 Å². The zero-order chi connectivity index (χ0) is 21.4. The van der Waals surface area contributed by atoms with Crippen LogP contribution in [-0.2, 0) is 12.8 Å². The van der Waals surface area contributed by atoms with E-state index in [0.29, 0.717) is 17.4 Å². The molecule has 0 saturated carbocycles. The van der Waals surface area contributed by atoms with Gasteiger partial charge in [-0.2, -0.15) is 0 Å². The molecule has 7 nitrogen and oxygen atoms in total. The number of aromatic amines is 1. The summed E-state index contributed by atoms with van der Waals surface area (Å²) in [5.41, 5.74) is 7.57. The van der Waals surface area contributed by atoms with Gasteiger partial charge in [-0.3, -0.25) is 14.3 Å². The summed E-state index contributed by atoms with van der Waals surface area (Å²) in [7, 11) is 0. The molecule has 3 aromatic rings. The molecule has 3 N–H and O–H groups in total. The van der Waals surface area contributed by atoms with E-state index in [0.717, 1.165) is 42.4 Å². The Morgan fingerprint density at radius 2 is 2.03 bits per heavy atom. The van der Waals surface area contributed by atoms with E-state index in [1.807, 2.05) is 38.1 Å². The van der Waals surface area contributed by atoms with Gasteiger partial charge < -0.3 is 10.4 Å². The number of aromatic nitrogens is 2. The highest BCUT2D eigenvalue weighted by molar-refractivity contribution is 6.01. The van der Waals surface area contributed by atoms with Crippen LogP contribution in [0.1, 0.15) is 69.7 Å². The second-order valence-electron chi connectivity index (χ2n) is 8.09. The van der Waals surface area contributed by atoms with Gasteiger partial charge in [-0.05, 0) is 96.6 Å². The van der Waals surface area contributed by atoms with Crippen molar-refractivity contribution in [3.63, 3.8) is 0 Å². The van der Waals surface area contributed by atoms with Crippen molar-refractivity contribution >= 4 is 11.6 Å². The van der Waals surface area contributed by atoms with Gasteiger partial charge >= 0.3 is 5.76 Å². The third-order valence-electron chi connectivity index (χ3n) is 5.96. The van der Waals surface area contributed by atoms with Gasteiger partial charge in [-0.25, -0.2) is 4.79 Å². The van der Waals surface area contributed by atoms with Crippen molar-refractivity contribution in [3.8, 4) is 5.75 Å². The molecule has 0 unspecified atom stereocenters. The minimum atomic E-state index is -0.769. The van der Waals surface area contributed by atoms with Crippen LogP contribution in [0.3, 0.4) is 0 Å². The zero-order valence-corrected chi connectivity index (χ0v) is 17.3. The molecule has 1 amide bonds. The number of rotatable bonds is 4. The summed E-state index contributed by atoms with van der Waals surface area (Å²) >= 11 is 0. The molecule has 7 heteroatoms. The second-order valence-corrected chi connectivity index (χ2v) is 8.09. The molecular formula is C23H25N3O4. The van der Waals surface area contributed by atoms with E-state index in [1.165, 1.54) is 16.7 Å². The van der Waals surface area contributed by atoms with Crippen LogP contribution in [0, 0.1) is 13.8 Å². The van der Waals surface area contributed by atoms with Crippen molar-refractivity contribution in [2.75, 3.05) is 5.32 Å². The smallest absolute Gasteiger partial charge is 0.439 e. The largest absolute Gasteiger partial charge is 0.508 e. The highest BCUT2D eigenvalue weighted by Gasteiger charge is 2.23. The molecule has 1 heterocycles. The molecule has 0 aliphatic heterocycles. The molecule has 0 saturated heterocycles. The molecule has 1 aliphatic rings. The average molecular weight is 407 g/mol. The minimum absolute atomic E-state index is 0.163. The Labute approximate surface area is 174 Å². The van der Waals surface area contributed by atoms with E-state index in [4.69, 9.17) is 0 Å². The summed E-state index contributed by atoms with van der Waals surface area (Å²) in [6, 6.07) is 7.66.